The zero-order chi connectivity index (χ0) is 13.0. The molecule has 4 heteroatoms. The maximum absolute atomic E-state index is 11.0. The Morgan fingerprint density at radius 2 is 1.94 bits per heavy atom. The fraction of sp³-hybridized carbons (Fsp3) is 0.143. The molecule has 0 aliphatic heterocycles. The van der Waals surface area contributed by atoms with Crippen molar-refractivity contribution >= 4 is 5.97 Å². The molecular formula is C14H13NO3. The summed E-state index contributed by atoms with van der Waals surface area (Å²) in [6.45, 7) is 2.17. The second-order valence-electron chi connectivity index (χ2n) is 3.65. The van der Waals surface area contributed by atoms with Gasteiger partial charge < -0.3 is 9.84 Å². The molecule has 1 aromatic heterocycles. The summed E-state index contributed by atoms with van der Waals surface area (Å²) >= 11 is 0. The van der Waals surface area contributed by atoms with E-state index < -0.39 is 5.97 Å². The van der Waals surface area contributed by atoms with Crippen molar-refractivity contribution in [2.24, 2.45) is 0 Å². The largest absolute Gasteiger partial charge is 0.477 e. The highest BCUT2D eigenvalue weighted by atomic mass is 16.5. The van der Waals surface area contributed by atoms with E-state index >= 15 is 0 Å². The third-order valence-electron chi connectivity index (χ3n) is 2.44. The van der Waals surface area contributed by atoms with Crippen LogP contribution >= 0.6 is 0 Å². The molecule has 0 bridgehead atoms. The van der Waals surface area contributed by atoms with Gasteiger partial charge in [-0.2, -0.15) is 0 Å². The van der Waals surface area contributed by atoms with Gasteiger partial charge in [0.05, 0.1) is 12.3 Å². The Kier molecular flexibility index (Phi) is 3.57. The van der Waals surface area contributed by atoms with Gasteiger partial charge >= 0.3 is 5.97 Å². The van der Waals surface area contributed by atoms with E-state index in [1.807, 2.05) is 30.3 Å². The van der Waals surface area contributed by atoms with E-state index in [9.17, 15) is 4.79 Å². The van der Waals surface area contributed by atoms with E-state index in [4.69, 9.17) is 9.84 Å². The molecule has 2 rings (SSSR count). The summed E-state index contributed by atoms with van der Waals surface area (Å²) in [4.78, 5) is 15.3. The summed E-state index contributed by atoms with van der Waals surface area (Å²) in [6.07, 6.45) is 0. The minimum atomic E-state index is -1.04. The van der Waals surface area contributed by atoms with Crippen LogP contribution in [0, 0.1) is 0 Å². The number of rotatable bonds is 4. The van der Waals surface area contributed by atoms with Crippen LogP contribution in [0.5, 0.6) is 5.88 Å². The van der Waals surface area contributed by atoms with Gasteiger partial charge in [0, 0.05) is 5.56 Å². The summed E-state index contributed by atoms with van der Waals surface area (Å²) in [5, 5.41) is 9.03. The molecule has 0 atom stereocenters. The van der Waals surface area contributed by atoms with Crippen LogP contribution in [-0.2, 0) is 0 Å². The third-order valence-corrected chi connectivity index (χ3v) is 2.44. The number of hydrogen-bond acceptors (Lipinski definition) is 3. The number of pyridine rings is 1. The van der Waals surface area contributed by atoms with E-state index in [2.05, 4.69) is 4.98 Å². The van der Waals surface area contributed by atoms with Crippen LogP contribution in [0.15, 0.2) is 42.5 Å². The molecule has 0 radical (unpaired) electrons. The maximum Gasteiger partial charge on any atom is 0.341 e. The van der Waals surface area contributed by atoms with Crippen molar-refractivity contribution in [1.82, 2.24) is 4.98 Å². The standard InChI is InChI=1S/C14H13NO3/c1-2-18-13-11(14(16)17)8-9-12(15-13)10-6-4-3-5-7-10/h3-9H,2H2,1H3,(H,16,17). The van der Waals surface area contributed by atoms with Gasteiger partial charge in [0.1, 0.15) is 5.56 Å². The van der Waals surface area contributed by atoms with Gasteiger partial charge in [-0.3, -0.25) is 0 Å². The van der Waals surface area contributed by atoms with Crippen molar-refractivity contribution in [1.29, 1.82) is 0 Å². The number of benzene rings is 1. The van der Waals surface area contributed by atoms with Crippen LogP contribution in [0.25, 0.3) is 11.3 Å². The summed E-state index contributed by atoms with van der Waals surface area (Å²) < 4.78 is 5.27. The molecule has 1 heterocycles. The second-order valence-corrected chi connectivity index (χ2v) is 3.65. The smallest absolute Gasteiger partial charge is 0.341 e. The van der Waals surface area contributed by atoms with Crippen LogP contribution in [0.2, 0.25) is 0 Å². The van der Waals surface area contributed by atoms with Crippen molar-refractivity contribution in [2.75, 3.05) is 6.61 Å². The zero-order valence-corrected chi connectivity index (χ0v) is 9.96. The number of nitrogens with zero attached hydrogens (tertiary/aromatic N) is 1. The molecule has 1 aromatic carbocycles. The Morgan fingerprint density at radius 3 is 2.56 bits per heavy atom. The van der Waals surface area contributed by atoms with Crippen molar-refractivity contribution in [3.05, 3.63) is 48.0 Å². The summed E-state index contributed by atoms with van der Waals surface area (Å²) in [5.41, 5.74) is 1.70. The van der Waals surface area contributed by atoms with E-state index in [0.29, 0.717) is 12.3 Å². The predicted molar refractivity (Wildman–Crippen MR) is 67.8 cm³/mol. The minimum Gasteiger partial charge on any atom is -0.477 e. The fourth-order valence-electron chi connectivity index (χ4n) is 1.62. The van der Waals surface area contributed by atoms with Gasteiger partial charge in [0.25, 0.3) is 0 Å². The molecule has 0 aliphatic carbocycles. The molecule has 0 aliphatic rings. The van der Waals surface area contributed by atoms with Crippen molar-refractivity contribution < 1.29 is 14.6 Å². The highest BCUT2D eigenvalue weighted by Crippen LogP contribution is 2.23. The molecular weight excluding hydrogens is 230 g/mol. The third kappa shape index (κ3) is 2.48. The Balaban J connectivity index is 2.46. The Hall–Kier alpha value is -2.36. The monoisotopic (exact) mass is 243 g/mol. The Bertz CT molecular complexity index is 552. The molecule has 1 N–H and O–H groups in total. The second kappa shape index (κ2) is 5.31. The first-order valence-electron chi connectivity index (χ1n) is 5.65. The number of aromatic carboxylic acids is 1. The first-order chi connectivity index (χ1) is 8.72. The molecule has 0 unspecified atom stereocenters. The first-order valence-corrected chi connectivity index (χ1v) is 5.65. The Morgan fingerprint density at radius 1 is 1.22 bits per heavy atom. The van der Waals surface area contributed by atoms with Crippen molar-refractivity contribution in [3.63, 3.8) is 0 Å². The lowest BCUT2D eigenvalue weighted by Gasteiger charge is -2.08. The van der Waals surface area contributed by atoms with Crippen LogP contribution < -0.4 is 4.74 Å². The van der Waals surface area contributed by atoms with E-state index in [1.165, 1.54) is 6.07 Å². The number of carboxylic acid groups (broad SMARTS) is 1. The van der Waals surface area contributed by atoms with Gasteiger partial charge in [0.2, 0.25) is 5.88 Å². The molecule has 4 nitrogen and oxygen atoms in total. The summed E-state index contributed by atoms with van der Waals surface area (Å²) in [7, 11) is 0. The maximum atomic E-state index is 11.0. The van der Waals surface area contributed by atoms with E-state index in [-0.39, 0.29) is 11.4 Å². The SMILES string of the molecule is CCOc1nc(-c2ccccc2)ccc1C(=O)O. The van der Waals surface area contributed by atoms with Crippen LogP contribution in [0.4, 0.5) is 0 Å². The number of ether oxygens (including phenoxy) is 1. The van der Waals surface area contributed by atoms with Gasteiger partial charge in [-0.25, -0.2) is 9.78 Å². The normalized spacial score (nSPS) is 10.1. The highest BCUT2D eigenvalue weighted by molar-refractivity contribution is 5.90. The van der Waals surface area contributed by atoms with Gasteiger partial charge in [-0.15, -0.1) is 0 Å². The molecule has 92 valence electrons. The lowest BCUT2D eigenvalue weighted by molar-refractivity contribution is 0.0691. The fourth-order valence-corrected chi connectivity index (χ4v) is 1.62. The van der Waals surface area contributed by atoms with Gasteiger partial charge in [-0.05, 0) is 19.1 Å². The summed E-state index contributed by atoms with van der Waals surface area (Å²) in [5.74, 6) is -0.878. The van der Waals surface area contributed by atoms with E-state index in [1.54, 1.807) is 13.0 Å². The molecule has 0 saturated heterocycles. The van der Waals surface area contributed by atoms with E-state index in [0.717, 1.165) is 5.56 Å². The molecule has 18 heavy (non-hydrogen) atoms. The molecule has 0 fully saturated rings. The lowest BCUT2D eigenvalue weighted by Crippen LogP contribution is -2.05. The topological polar surface area (TPSA) is 59.4 Å². The quantitative estimate of drug-likeness (QED) is 0.897. The molecule has 0 amide bonds. The molecule has 0 spiro atoms. The van der Waals surface area contributed by atoms with Crippen molar-refractivity contribution in [2.45, 2.75) is 6.92 Å². The molecule has 2 aromatic rings. The van der Waals surface area contributed by atoms with Gasteiger partial charge in [-0.1, -0.05) is 30.3 Å². The highest BCUT2D eigenvalue weighted by Gasteiger charge is 2.13. The minimum absolute atomic E-state index is 0.0801. The first kappa shape index (κ1) is 12.1. The zero-order valence-electron chi connectivity index (χ0n) is 9.96. The average molecular weight is 243 g/mol. The van der Waals surface area contributed by atoms with Crippen LogP contribution in [-0.4, -0.2) is 22.7 Å². The number of hydrogen-bond donors (Lipinski definition) is 1. The van der Waals surface area contributed by atoms with Crippen molar-refractivity contribution in [3.8, 4) is 17.1 Å². The van der Waals surface area contributed by atoms with Crippen LogP contribution in [0.1, 0.15) is 17.3 Å². The number of aromatic nitrogens is 1. The van der Waals surface area contributed by atoms with Crippen LogP contribution in [0.3, 0.4) is 0 Å². The number of carboxylic acids is 1. The lowest BCUT2D eigenvalue weighted by atomic mass is 10.1. The average Bonchev–Trinajstić information content (AvgIpc) is 2.40. The summed E-state index contributed by atoms with van der Waals surface area (Å²) in [6, 6.07) is 12.8. The molecule has 0 saturated carbocycles. The number of carbonyl (C=O) groups is 1. The van der Waals surface area contributed by atoms with Gasteiger partial charge in [0.15, 0.2) is 0 Å². The Labute approximate surface area is 105 Å². The predicted octanol–water partition coefficient (Wildman–Crippen LogP) is 2.85.